The zero-order valence-electron chi connectivity index (χ0n) is 19.9. The molecule has 1 aliphatic heterocycles. The van der Waals surface area contributed by atoms with Gasteiger partial charge in [-0.1, -0.05) is 27.7 Å². The molecular weight excluding hydrogens is 402 g/mol. The highest BCUT2D eigenvalue weighted by Gasteiger charge is 2.34. The average molecular weight is 442 g/mol. The van der Waals surface area contributed by atoms with Crippen LogP contribution in [0.1, 0.15) is 67.7 Å². The zero-order chi connectivity index (χ0) is 23.9. The third-order valence-corrected chi connectivity index (χ3v) is 5.10. The van der Waals surface area contributed by atoms with E-state index in [1.54, 1.807) is 39.5 Å². The van der Waals surface area contributed by atoms with E-state index in [0.29, 0.717) is 32.4 Å². The van der Waals surface area contributed by atoms with Crippen molar-refractivity contribution in [3.63, 3.8) is 0 Å². The Morgan fingerprint density at radius 3 is 2.00 bits per heavy atom. The summed E-state index contributed by atoms with van der Waals surface area (Å²) >= 11 is 0. The number of likely N-dealkylation sites (tertiary alicyclic amines) is 1. The smallest absolute Gasteiger partial charge is 0.408 e. The lowest BCUT2D eigenvalue weighted by Gasteiger charge is -2.35. The Kier molecular flexibility index (Phi) is 9.77. The number of carbonyl (C=O) groups excluding carboxylic acids is 3. The summed E-state index contributed by atoms with van der Waals surface area (Å²) in [6.45, 7) is 13.5. The first-order chi connectivity index (χ1) is 14.2. The van der Waals surface area contributed by atoms with E-state index in [-0.39, 0.29) is 29.6 Å². The van der Waals surface area contributed by atoms with Gasteiger partial charge >= 0.3 is 12.1 Å². The van der Waals surface area contributed by atoms with Crippen LogP contribution in [0, 0.1) is 17.8 Å². The van der Waals surface area contributed by atoms with Crippen molar-refractivity contribution in [2.75, 3.05) is 13.1 Å². The molecule has 1 fully saturated rings. The van der Waals surface area contributed by atoms with Crippen molar-refractivity contribution < 1.29 is 29.0 Å². The van der Waals surface area contributed by atoms with Crippen LogP contribution in [-0.4, -0.2) is 64.7 Å². The van der Waals surface area contributed by atoms with E-state index in [1.165, 1.54) is 0 Å². The maximum absolute atomic E-state index is 13.0. The van der Waals surface area contributed by atoms with Crippen LogP contribution in [0.25, 0.3) is 0 Å². The number of amides is 3. The molecule has 1 aliphatic rings. The van der Waals surface area contributed by atoms with Gasteiger partial charge in [0.2, 0.25) is 11.8 Å². The monoisotopic (exact) mass is 441 g/mol. The number of carbonyl (C=O) groups is 4. The molecule has 1 rings (SSSR count). The molecule has 0 aliphatic carbocycles. The molecule has 0 aromatic rings. The molecule has 9 heteroatoms. The Labute approximate surface area is 185 Å². The summed E-state index contributed by atoms with van der Waals surface area (Å²) in [4.78, 5) is 50.7. The van der Waals surface area contributed by atoms with Gasteiger partial charge in [0, 0.05) is 19.0 Å². The summed E-state index contributed by atoms with van der Waals surface area (Å²) in [5, 5.41) is 14.6. The molecule has 178 valence electrons. The number of alkyl carbamates (subject to hydrolysis) is 1. The normalized spacial score (nSPS) is 17.3. The van der Waals surface area contributed by atoms with Gasteiger partial charge in [0.05, 0.1) is 0 Å². The predicted octanol–water partition coefficient (Wildman–Crippen LogP) is 2.39. The Morgan fingerprint density at radius 2 is 1.58 bits per heavy atom. The van der Waals surface area contributed by atoms with E-state index in [4.69, 9.17) is 4.74 Å². The van der Waals surface area contributed by atoms with Crippen LogP contribution >= 0.6 is 0 Å². The first kappa shape index (κ1) is 26.7. The Morgan fingerprint density at radius 1 is 1.03 bits per heavy atom. The molecule has 3 N–H and O–H groups in total. The third-order valence-electron chi connectivity index (χ3n) is 5.10. The number of piperidine rings is 1. The van der Waals surface area contributed by atoms with Crippen LogP contribution < -0.4 is 10.6 Å². The minimum Gasteiger partial charge on any atom is -0.480 e. The van der Waals surface area contributed by atoms with Crippen molar-refractivity contribution in [3.8, 4) is 0 Å². The quantitative estimate of drug-likeness (QED) is 0.531. The van der Waals surface area contributed by atoms with Gasteiger partial charge in [0.25, 0.3) is 0 Å². The molecule has 0 radical (unpaired) electrons. The van der Waals surface area contributed by atoms with Gasteiger partial charge in [-0.2, -0.15) is 0 Å². The standard InChI is InChI=1S/C22H39N3O6/c1-13(2)12-16(23-21(30)31-22(5,6)7)19(27)25-10-8-15(9-11-25)18(26)24-17(14(3)4)20(28)29/h13-17H,8-12H2,1-7H3,(H,23,30)(H,24,26)(H,28,29)/t16-,17+/m0/s1. The highest BCUT2D eigenvalue weighted by molar-refractivity contribution is 5.87. The lowest BCUT2D eigenvalue weighted by Crippen LogP contribution is -2.53. The number of nitrogens with one attached hydrogen (secondary N) is 2. The first-order valence-electron chi connectivity index (χ1n) is 11.0. The van der Waals surface area contributed by atoms with Gasteiger partial charge < -0.3 is 25.4 Å². The minimum absolute atomic E-state index is 0.191. The van der Waals surface area contributed by atoms with Crippen molar-refractivity contribution >= 4 is 23.9 Å². The largest absolute Gasteiger partial charge is 0.480 e. The molecule has 9 nitrogen and oxygen atoms in total. The predicted molar refractivity (Wildman–Crippen MR) is 116 cm³/mol. The van der Waals surface area contributed by atoms with Crippen molar-refractivity contribution in [1.29, 1.82) is 0 Å². The fourth-order valence-electron chi connectivity index (χ4n) is 3.51. The van der Waals surface area contributed by atoms with Gasteiger partial charge in [0.15, 0.2) is 0 Å². The molecule has 31 heavy (non-hydrogen) atoms. The summed E-state index contributed by atoms with van der Waals surface area (Å²) in [6, 6.07) is -1.63. The highest BCUT2D eigenvalue weighted by Crippen LogP contribution is 2.20. The number of aliphatic carboxylic acids is 1. The first-order valence-corrected chi connectivity index (χ1v) is 11.0. The summed E-state index contributed by atoms with van der Waals surface area (Å²) in [5.41, 5.74) is -0.662. The number of nitrogens with zero attached hydrogens (tertiary/aromatic N) is 1. The lowest BCUT2D eigenvalue weighted by molar-refractivity contribution is -0.144. The number of carboxylic acid groups (broad SMARTS) is 1. The van der Waals surface area contributed by atoms with Gasteiger partial charge in [-0.05, 0) is 51.9 Å². The molecule has 2 atom stereocenters. The van der Waals surface area contributed by atoms with Crippen molar-refractivity contribution in [1.82, 2.24) is 15.5 Å². The summed E-state index contributed by atoms with van der Waals surface area (Å²) < 4.78 is 5.29. The Balaban J connectivity index is 2.70. The van der Waals surface area contributed by atoms with Gasteiger partial charge in [0.1, 0.15) is 17.7 Å². The summed E-state index contributed by atoms with van der Waals surface area (Å²) in [7, 11) is 0. The average Bonchev–Trinajstić information content (AvgIpc) is 2.62. The van der Waals surface area contributed by atoms with Crippen LogP contribution in [0.2, 0.25) is 0 Å². The van der Waals surface area contributed by atoms with Gasteiger partial charge in [-0.15, -0.1) is 0 Å². The van der Waals surface area contributed by atoms with Crippen molar-refractivity contribution in [2.24, 2.45) is 17.8 Å². The SMILES string of the molecule is CC(C)C[C@H](NC(=O)OC(C)(C)C)C(=O)N1CCC(C(=O)N[C@@H](C(=O)O)C(C)C)CC1. The number of carboxylic acids is 1. The second-order valence-corrected chi connectivity index (χ2v) is 10.00. The molecule has 0 aromatic heterocycles. The molecule has 0 unspecified atom stereocenters. The molecule has 0 saturated carbocycles. The zero-order valence-corrected chi connectivity index (χ0v) is 19.9. The summed E-state index contributed by atoms with van der Waals surface area (Å²) in [6.07, 6.45) is 0.743. The topological polar surface area (TPSA) is 125 Å². The highest BCUT2D eigenvalue weighted by atomic mass is 16.6. The number of hydrogen-bond acceptors (Lipinski definition) is 5. The fourth-order valence-corrected chi connectivity index (χ4v) is 3.51. The van der Waals surface area contributed by atoms with E-state index >= 15 is 0 Å². The van der Waals surface area contributed by atoms with Crippen LogP contribution in [0.3, 0.4) is 0 Å². The summed E-state index contributed by atoms with van der Waals surface area (Å²) in [5.74, 6) is -1.91. The third kappa shape index (κ3) is 9.14. The van der Waals surface area contributed by atoms with E-state index in [9.17, 15) is 24.3 Å². The van der Waals surface area contributed by atoms with Crippen LogP contribution in [-0.2, 0) is 19.1 Å². The molecule has 0 aromatic carbocycles. The molecule has 1 heterocycles. The van der Waals surface area contributed by atoms with Crippen LogP contribution in [0.4, 0.5) is 4.79 Å². The fraction of sp³-hybridized carbons (Fsp3) is 0.818. The number of ether oxygens (including phenoxy) is 1. The van der Waals surface area contributed by atoms with E-state index in [0.717, 1.165) is 0 Å². The lowest BCUT2D eigenvalue weighted by atomic mass is 9.93. The Hall–Kier alpha value is -2.32. The minimum atomic E-state index is -1.05. The number of rotatable bonds is 8. The van der Waals surface area contributed by atoms with Gasteiger partial charge in [-0.3, -0.25) is 9.59 Å². The molecular formula is C22H39N3O6. The van der Waals surface area contributed by atoms with Crippen molar-refractivity contribution in [2.45, 2.75) is 85.4 Å². The van der Waals surface area contributed by atoms with E-state index in [2.05, 4.69) is 10.6 Å². The van der Waals surface area contributed by atoms with Crippen molar-refractivity contribution in [3.05, 3.63) is 0 Å². The molecule has 0 bridgehead atoms. The van der Waals surface area contributed by atoms with Crippen LogP contribution in [0.5, 0.6) is 0 Å². The number of hydrogen-bond donors (Lipinski definition) is 3. The van der Waals surface area contributed by atoms with E-state index < -0.39 is 29.7 Å². The molecule has 3 amide bonds. The van der Waals surface area contributed by atoms with Gasteiger partial charge in [-0.25, -0.2) is 9.59 Å². The maximum Gasteiger partial charge on any atom is 0.408 e. The maximum atomic E-state index is 13.0. The van der Waals surface area contributed by atoms with E-state index in [1.807, 2.05) is 13.8 Å². The molecule has 0 spiro atoms. The van der Waals surface area contributed by atoms with Crippen LogP contribution in [0.15, 0.2) is 0 Å². The second-order valence-electron chi connectivity index (χ2n) is 10.00. The Bertz CT molecular complexity index is 648. The second kappa shape index (κ2) is 11.3. The molecule has 1 saturated heterocycles.